The van der Waals surface area contributed by atoms with E-state index in [1.807, 2.05) is 45.9 Å². The highest BCUT2D eigenvalue weighted by Gasteiger charge is 2.27. The number of hydrogen-bond donors (Lipinski definition) is 1. The van der Waals surface area contributed by atoms with Crippen LogP contribution in [0.2, 0.25) is 10.0 Å². The van der Waals surface area contributed by atoms with Gasteiger partial charge in [0.15, 0.2) is 6.61 Å². The van der Waals surface area contributed by atoms with Gasteiger partial charge in [-0.05, 0) is 63.4 Å². The molecule has 0 saturated heterocycles. The molecule has 2 aromatic rings. The molecule has 0 fully saturated rings. The van der Waals surface area contributed by atoms with Crippen molar-refractivity contribution >= 4 is 35.0 Å². The first-order valence-corrected chi connectivity index (χ1v) is 11.1. The highest BCUT2D eigenvalue weighted by molar-refractivity contribution is 6.42. The summed E-state index contributed by atoms with van der Waals surface area (Å²) in [5, 5.41) is 3.77. The molecule has 5 nitrogen and oxygen atoms in total. The molecule has 0 aromatic heterocycles. The molecule has 0 bridgehead atoms. The van der Waals surface area contributed by atoms with Crippen molar-refractivity contribution in [1.29, 1.82) is 0 Å². The molecule has 0 radical (unpaired) electrons. The van der Waals surface area contributed by atoms with E-state index in [2.05, 4.69) is 5.32 Å². The number of ether oxygens (including phenoxy) is 1. The maximum absolute atomic E-state index is 13.1. The van der Waals surface area contributed by atoms with Crippen LogP contribution in [0.3, 0.4) is 0 Å². The molecule has 2 aromatic carbocycles. The molecule has 7 heteroatoms. The van der Waals surface area contributed by atoms with E-state index in [-0.39, 0.29) is 31.0 Å². The second kappa shape index (κ2) is 11.4. The van der Waals surface area contributed by atoms with Crippen molar-refractivity contribution in [2.24, 2.45) is 0 Å². The minimum Gasteiger partial charge on any atom is -0.483 e. The van der Waals surface area contributed by atoms with Gasteiger partial charge in [-0.2, -0.15) is 0 Å². The second-order valence-corrected chi connectivity index (χ2v) is 8.64. The summed E-state index contributed by atoms with van der Waals surface area (Å²) in [4.78, 5) is 27.4. The van der Waals surface area contributed by atoms with Gasteiger partial charge in [-0.3, -0.25) is 9.59 Å². The molecule has 0 spiro atoms. The van der Waals surface area contributed by atoms with Crippen molar-refractivity contribution in [3.05, 3.63) is 63.1 Å². The lowest BCUT2D eigenvalue weighted by Gasteiger charge is -2.29. The summed E-state index contributed by atoms with van der Waals surface area (Å²) >= 11 is 12.2. The van der Waals surface area contributed by atoms with Crippen LogP contribution >= 0.6 is 23.2 Å². The van der Waals surface area contributed by atoms with Gasteiger partial charge < -0.3 is 15.0 Å². The highest BCUT2D eigenvalue weighted by Crippen LogP contribution is 2.24. The molecular formula is C24H30Cl2N2O3. The van der Waals surface area contributed by atoms with Gasteiger partial charge >= 0.3 is 0 Å². The predicted molar refractivity (Wildman–Crippen MR) is 126 cm³/mol. The Bertz CT molecular complexity index is 933. The zero-order valence-electron chi connectivity index (χ0n) is 18.7. The van der Waals surface area contributed by atoms with Gasteiger partial charge in [-0.25, -0.2) is 0 Å². The lowest BCUT2D eigenvalue weighted by molar-refractivity contribution is -0.142. The number of benzene rings is 2. The van der Waals surface area contributed by atoms with Gasteiger partial charge in [0.1, 0.15) is 11.8 Å². The van der Waals surface area contributed by atoms with Crippen LogP contribution in [0.1, 0.15) is 43.9 Å². The molecule has 0 aliphatic carbocycles. The average Bonchev–Trinajstić information content (AvgIpc) is 2.72. The van der Waals surface area contributed by atoms with Gasteiger partial charge in [-0.1, -0.05) is 53.9 Å². The molecule has 2 atom stereocenters. The molecule has 0 unspecified atom stereocenters. The van der Waals surface area contributed by atoms with E-state index in [9.17, 15) is 9.59 Å². The maximum atomic E-state index is 13.1. The number of halogens is 2. The van der Waals surface area contributed by atoms with E-state index in [0.717, 1.165) is 23.1 Å². The van der Waals surface area contributed by atoms with Crippen molar-refractivity contribution < 1.29 is 14.3 Å². The van der Waals surface area contributed by atoms with E-state index in [4.69, 9.17) is 27.9 Å². The highest BCUT2D eigenvalue weighted by atomic mass is 35.5. The van der Waals surface area contributed by atoms with Gasteiger partial charge in [0.2, 0.25) is 5.91 Å². The normalized spacial score (nSPS) is 12.7. The fourth-order valence-electron chi connectivity index (χ4n) is 3.07. The zero-order chi connectivity index (χ0) is 23.1. The van der Waals surface area contributed by atoms with Crippen molar-refractivity contribution in [2.75, 3.05) is 6.61 Å². The number of nitrogens with one attached hydrogen (secondary N) is 1. The predicted octanol–water partition coefficient (Wildman–Crippen LogP) is 5.32. The zero-order valence-corrected chi connectivity index (χ0v) is 20.2. The number of rotatable bonds is 9. The van der Waals surface area contributed by atoms with Gasteiger partial charge in [0.25, 0.3) is 5.91 Å². The van der Waals surface area contributed by atoms with Crippen molar-refractivity contribution in [3.8, 4) is 5.75 Å². The lowest BCUT2D eigenvalue weighted by atomic mass is 10.1. The third-order valence-corrected chi connectivity index (χ3v) is 5.93. The van der Waals surface area contributed by atoms with Crippen molar-refractivity contribution in [2.45, 2.75) is 59.7 Å². The van der Waals surface area contributed by atoms with Crippen LogP contribution in [0, 0.1) is 13.8 Å². The van der Waals surface area contributed by atoms with Crippen LogP contribution < -0.4 is 10.1 Å². The fourth-order valence-corrected chi connectivity index (χ4v) is 3.39. The van der Waals surface area contributed by atoms with Crippen LogP contribution in [-0.4, -0.2) is 35.4 Å². The van der Waals surface area contributed by atoms with Crippen molar-refractivity contribution in [1.82, 2.24) is 10.2 Å². The third-order valence-electron chi connectivity index (χ3n) is 5.19. The standard InChI is InChI=1S/C24H30Cl2N2O3/c1-6-17(4)27-24(30)18(5)28(13-19-8-9-20(25)21(26)12-19)23(29)14-31-22-10-7-15(2)11-16(22)3/h7-12,17-18H,6,13-14H2,1-5H3,(H,27,30)/t17-,18+/m1/s1. The Balaban J connectivity index is 2.20. The second-order valence-electron chi connectivity index (χ2n) is 7.82. The van der Waals surface area contributed by atoms with Gasteiger partial charge in [0.05, 0.1) is 10.0 Å². The molecule has 2 amide bonds. The third kappa shape index (κ3) is 7.15. The van der Waals surface area contributed by atoms with E-state index in [0.29, 0.717) is 15.8 Å². The summed E-state index contributed by atoms with van der Waals surface area (Å²) in [6.45, 7) is 9.60. The molecule has 0 aliphatic rings. The Hall–Kier alpha value is -2.24. The fraction of sp³-hybridized carbons (Fsp3) is 0.417. The number of nitrogens with zero attached hydrogens (tertiary/aromatic N) is 1. The number of carbonyl (C=O) groups excluding carboxylic acids is 2. The van der Waals surface area contributed by atoms with E-state index < -0.39 is 6.04 Å². The Labute approximate surface area is 194 Å². The Morgan fingerprint density at radius 2 is 1.77 bits per heavy atom. The van der Waals surface area contributed by atoms with Crippen LogP contribution in [0.15, 0.2) is 36.4 Å². The summed E-state index contributed by atoms with van der Waals surface area (Å²) in [6.07, 6.45) is 0.801. The molecule has 0 saturated carbocycles. The van der Waals surface area contributed by atoms with E-state index in [1.165, 1.54) is 4.90 Å². The average molecular weight is 465 g/mol. The number of amides is 2. The molecule has 0 aliphatic heterocycles. The number of aryl methyl sites for hydroxylation is 2. The lowest BCUT2D eigenvalue weighted by Crippen LogP contribution is -2.50. The molecule has 168 valence electrons. The summed E-state index contributed by atoms with van der Waals surface area (Å²) in [7, 11) is 0. The monoisotopic (exact) mass is 464 g/mol. The van der Waals surface area contributed by atoms with Crippen molar-refractivity contribution in [3.63, 3.8) is 0 Å². The van der Waals surface area contributed by atoms with Gasteiger partial charge in [-0.15, -0.1) is 0 Å². The first kappa shape index (κ1) is 25.0. The SMILES string of the molecule is CC[C@@H](C)NC(=O)[C@H](C)N(Cc1ccc(Cl)c(Cl)c1)C(=O)COc1ccc(C)cc1C. The first-order chi connectivity index (χ1) is 14.6. The first-order valence-electron chi connectivity index (χ1n) is 10.4. The smallest absolute Gasteiger partial charge is 0.261 e. The van der Waals surface area contributed by atoms with Crippen LogP contribution in [0.25, 0.3) is 0 Å². The Morgan fingerprint density at radius 1 is 1.06 bits per heavy atom. The topological polar surface area (TPSA) is 58.6 Å². The minimum absolute atomic E-state index is 0.0170. The molecule has 1 N–H and O–H groups in total. The summed E-state index contributed by atoms with van der Waals surface area (Å²) in [6, 6.07) is 10.3. The Kier molecular flexibility index (Phi) is 9.20. The van der Waals surface area contributed by atoms with Crippen LogP contribution in [0.4, 0.5) is 0 Å². The Morgan fingerprint density at radius 3 is 2.39 bits per heavy atom. The maximum Gasteiger partial charge on any atom is 0.261 e. The van der Waals surface area contributed by atoms with Crippen LogP contribution in [-0.2, 0) is 16.1 Å². The molecule has 0 heterocycles. The molecule has 2 rings (SSSR count). The number of hydrogen-bond acceptors (Lipinski definition) is 3. The summed E-state index contributed by atoms with van der Waals surface area (Å²) in [5.74, 6) is 0.136. The number of carbonyl (C=O) groups is 2. The quantitative estimate of drug-likeness (QED) is 0.545. The van der Waals surface area contributed by atoms with Gasteiger partial charge in [0, 0.05) is 12.6 Å². The molecule has 31 heavy (non-hydrogen) atoms. The van der Waals surface area contributed by atoms with E-state index in [1.54, 1.807) is 25.1 Å². The summed E-state index contributed by atoms with van der Waals surface area (Å²) in [5.41, 5.74) is 2.84. The minimum atomic E-state index is -0.682. The summed E-state index contributed by atoms with van der Waals surface area (Å²) < 4.78 is 5.78. The molecular weight excluding hydrogens is 435 g/mol. The largest absolute Gasteiger partial charge is 0.483 e. The van der Waals surface area contributed by atoms with Crippen LogP contribution in [0.5, 0.6) is 5.75 Å². The van der Waals surface area contributed by atoms with E-state index >= 15 is 0 Å².